The highest BCUT2D eigenvalue weighted by Crippen LogP contribution is 2.19. The molecule has 1 aromatic heterocycles. The maximum Gasteiger partial charge on any atom is 0.310 e. The van der Waals surface area contributed by atoms with E-state index in [4.69, 9.17) is 4.74 Å². The molecule has 0 spiro atoms. The molecule has 25 heavy (non-hydrogen) atoms. The second kappa shape index (κ2) is 9.87. The summed E-state index contributed by atoms with van der Waals surface area (Å²) >= 11 is 0. The first-order valence-electron chi connectivity index (χ1n) is 8.91. The minimum absolute atomic E-state index is 0.0247. The Morgan fingerprint density at radius 1 is 1.04 bits per heavy atom. The lowest BCUT2D eigenvalue weighted by Gasteiger charge is -2.07. The zero-order chi connectivity index (χ0) is 18.1. The van der Waals surface area contributed by atoms with Gasteiger partial charge in [0, 0.05) is 25.2 Å². The van der Waals surface area contributed by atoms with E-state index in [-0.39, 0.29) is 12.2 Å². The van der Waals surface area contributed by atoms with Gasteiger partial charge in [0.1, 0.15) is 5.82 Å². The van der Waals surface area contributed by atoms with E-state index in [9.17, 15) is 9.18 Å². The number of hydrogen-bond acceptors (Lipinski definition) is 4. The fraction of sp³-hybridized carbons (Fsp3) is 0.450. The normalized spacial score (nSPS) is 10.7. The van der Waals surface area contributed by atoms with Crippen molar-refractivity contribution < 1.29 is 13.9 Å². The van der Waals surface area contributed by atoms with Crippen LogP contribution in [0.1, 0.15) is 56.5 Å². The van der Waals surface area contributed by atoms with Crippen LogP contribution >= 0.6 is 0 Å². The van der Waals surface area contributed by atoms with Crippen LogP contribution in [0.3, 0.4) is 0 Å². The van der Waals surface area contributed by atoms with Gasteiger partial charge in [-0.15, -0.1) is 0 Å². The van der Waals surface area contributed by atoms with Gasteiger partial charge in [-0.2, -0.15) is 0 Å². The van der Waals surface area contributed by atoms with Crippen molar-refractivity contribution in [1.29, 1.82) is 0 Å². The van der Waals surface area contributed by atoms with Gasteiger partial charge in [0.25, 0.3) is 0 Å². The van der Waals surface area contributed by atoms with Gasteiger partial charge in [0.2, 0.25) is 0 Å². The SMILES string of the molecule is CCCCCc1cnc(CCc2ccc(OC(=O)CC)c(F)c2)nc1. The van der Waals surface area contributed by atoms with Gasteiger partial charge < -0.3 is 4.74 Å². The maximum absolute atomic E-state index is 14.0. The Labute approximate surface area is 148 Å². The number of unbranched alkanes of at least 4 members (excludes halogenated alkanes) is 2. The summed E-state index contributed by atoms with van der Waals surface area (Å²) in [4.78, 5) is 20.0. The van der Waals surface area contributed by atoms with Gasteiger partial charge >= 0.3 is 5.97 Å². The fourth-order valence-corrected chi connectivity index (χ4v) is 2.45. The minimum atomic E-state index is -0.522. The second-order valence-electron chi connectivity index (χ2n) is 6.06. The Hall–Kier alpha value is -2.30. The Balaban J connectivity index is 1.88. The van der Waals surface area contributed by atoms with Crippen molar-refractivity contribution in [3.63, 3.8) is 0 Å². The molecule has 134 valence electrons. The summed E-state index contributed by atoms with van der Waals surface area (Å²) in [5.74, 6) is -0.241. The molecule has 0 aliphatic carbocycles. The van der Waals surface area contributed by atoms with Crippen LogP contribution < -0.4 is 4.74 Å². The number of carbonyl (C=O) groups is 1. The number of ether oxygens (including phenoxy) is 1. The molecule has 0 aliphatic heterocycles. The molecule has 2 rings (SSSR count). The van der Waals surface area contributed by atoms with Crippen LogP contribution in [0.15, 0.2) is 30.6 Å². The fourth-order valence-electron chi connectivity index (χ4n) is 2.45. The third-order valence-corrected chi connectivity index (χ3v) is 3.97. The first-order valence-corrected chi connectivity index (χ1v) is 8.91. The Morgan fingerprint density at radius 2 is 1.80 bits per heavy atom. The first-order chi connectivity index (χ1) is 12.1. The molecule has 4 nitrogen and oxygen atoms in total. The van der Waals surface area contributed by atoms with E-state index >= 15 is 0 Å². The van der Waals surface area contributed by atoms with E-state index in [1.165, 1.54) is 25.0 Å². The number of nitrogens with zero attached hydrogens (tertiary/aromatic N) is 2. The lowest BCUT2D eigenvalue weighted by atomic mass is 10.1. The van der Waals surface area contributed by atoms with Crippen molar-refractivity contribution in [3.8, 4) is 5.75 Å². The number of aryl methyl sites for hydroxylation is 3. The summed E-state index contributed by atoms with van der Waals surface area (Å²) in [5, 5.41) is 0. The third-order valence-electron chi connectivity index (χ3n) is 3.97. The van der Waals surface area contributed by atoms with Crippen molar-refractivity contribution in [2.24, 2.45) is 0 Å². The van der Waals surface area contributed by atoms with Crippen molar-refractivity contribution in [2.45, 2.75) is 58.8 Å². The number of benzene rings is 1. The predicted octanol–water partition coefficient (Wildman–Crippen LogP) is 4.45. The van der Waals surface area contributed by atoms with Gasteiger partial charge in [0.15, 0.2) is 11.6 Å². The number of carbonyl (C=O) groups excluding carboxylic acids is 1. The average Bonchev–Trinajstić information content (AvgIpc) is 2.63. The largest absolute Gasteiger partial charge is 0.423 e. The van der Waals surface area contributed by atoms with E-state index in [1.807, 2.05) is 12.4 Å². The van der Waals surface area contributed by atoms with Crippen molar-refractivity contribution in [1.82, 2.24) is 9.97 Å². The molecule has 1 aromatic carbocycles. The van der Waals surface area contributed by atoms with Crippen LogP contribution in [-0.2, 0) is 24.1 Å². The maximum atomic E-state index is 14.0. The lowest BCUT2D eigenvalue weighted by Crippen LogP contribution is -2.07. The summed E-state index contributed by atoms with van der Waals surface area (Å²) in [7, 11) is 0. The third kappa shape index (κ3) is 6.25. The lowest BCUT2D eigenvalue weighted by molar-refractivity contribution is -0.134. The van der Waals surface area contributed by atoms with E-state index in [0.29, 0.717) is 12.8 Å². The van der Waals surface area contributed by atoms with E-state index in [1.54, 1.807) is 13.0 Å². The molecule has 0 atom stereocenters. The molecule has 0 bridgehead atoms. The Bertz CT molecular complexity index is 687. The molecule has 0 radical (unpaired) electrons. The molecule has 5 heteroatoms. The number of hydrogen-bond donors (Lipinski definition) is 0. The molecule has 2 aromatic rings. The molecule has 1 heterocycles. The van der Waals surface area contributed by atoms with Gasteiger partial charge in [-0.25, -0.2) is 14.4 Å². The zero-order valence-electron chi connectivity index (χ0n) is 14.9. The molecule has 0 saturated carbocycles. The van der Waals surface area contributed by atoms with Gasteiger partial charge in [0.05, 0.1) is 0 Å². The molecule has 0 N–H and O–H groups in total. The summed E-state index contributed by atoms with van der Waals surface area (Å²) < 4.78 is 18.9. The summed E-state index contributed by atoms with van der Waals surface area (Å²) in [6.45, 7) is 3.85. The highest BCUT2D eigenvalue weighted by molar-refractivity contribution is 5.71. The standard InChI is InChI=1S/C20H25FN2O2/c1-3-5-6-7-16-13-22-19(23-14-16)11-9-15-8-10-18(17(21)12-15)25-20(24)4-2/h8,10,12-14H,3-7,9,11H2,1-2H3. The monoisotopic (exact) mass is 344 g/mol. The number of esters is 1. The highest BCUT2D eigenvalue weighted by atomic mass is 19.1. The zero-order valence-corrected chi connectivity index (χ0v) is 14.9. The van der Waals surface area contributed by atoms with Crippen LogP contribution in [0.2, 0.25) is 0 Å². The molecule has 0 amide bonds. The predicted molar refractivity (Wildman–Crippen MR) is 95.0 cm³/mol. The topological polar surface area (TPSA) is 52.1 Å². The van der Waals surface area contributed by atoms with Gasteiger partial charge in [-0.1, -0.05) is 32.8 Å². The quantitative estimate of drug-likeness (QED) is 0.383. The molecule has 0 unspecified atom stereocenters. The van der Waals surface area contributed by atoms with Crippen LogP contribution in [0, 0.1) is 5.82 Å². The molecular weight excluding hydrogens is 319 g/mol. The summed E-state index contributed by atoms with van der Waals surface area (Å²) in [6, 6.07) is 4.66. The van der Waals surface area contributed by atoms with Crippen LogP contribution in [0.25, 0.3) is 0 Å². The minimum Gasteiger partial charge on any atom is -0.423 e. The van der Waals surface area contributed by atoms with E-state index < -0.39 is 11.8 Å². The first kappa shape index (κ1) is 19.0. The molecule has 0 saturated heterocycles. The number of aromatic nitrogens is 2. The highest BCUT2D eigenvalue weighted by Gasteiger charge is 2.09. The van der Waals surface area contributed by atoms with Crippen molar-refractivity contribution in [2.75, 3.05) is 0 Å². The Kier molecular flexibility index (Phi) is 7.51. The van der Waals surface area contributed by atoms with Crippen LogP contribution in [0.4, 0.5) is 4.39 Å². The van der Waals surface area contributed by atoms with Crippen molar-refractivity contribution in [3.05, 3.63) is 53.4 Å². The summed E-state index contributed by atoms with van der Waals surface area (Å²) in [5.41, 5.74) is 1.98. The molecular formula is C20H25FN2O2. The van der Waals surface area contributed by atoms with Gasteiger partial charge in [-0.3, -0.25) is 4.79 Å². The summed E-state index contributed by atoms with van der Waals surface area (Å²) in [6.07, 6.45) is 9.84. The number of halogens is 1. The van der Waals surface area contributed by atoms with E-state index in [0.717, 1.165) is 29.8 Å². The van der Waals surface area contributed by atoms with Crippen LogP contribution in [-0.4, -0.2) is 15.9 Å². The van der Waals surface area contributed by atoms with Gasteiger partial charge in [-0.05, 0) is 42.5 Å². The van der Waals surface area contributed by atoms with Crippen LogP contribution in [0.5, 0.6) is 5.75 Å². The number of rotatable bonds is 9. The van der Waals surface area contributed by atoms with E-state index in [2.05, 4.69) is 16.9 Å². The smallest absolute Gasteiger partial charge is 0.310 e. The Morgan fingerprint density at radius 3 is 2.44 bits per heavy atom. The molecule has 0 fully saturated rings. The molecule has 0 aliphatic rings. The average molecular weight is 344 g/mol. The van der Waals surface area contributed by atoms with Crippen molar-refractivity contribution >= 4 is 5.97 Å². The second-order valence-corrected chi connectivity index (χ2v) is 6.06.